The van der Waals surface area contributed by atoms with Crippen molar-refractivity contribution >= 4 is 28.5 Å². The molecular weight excluding hydrogens is 238 g/mol. The van der Waals surface area contributed by atoms with Crippen LogP contribution in [0, 0.1) is 0 Å². The smallest absolute Gasteiger partial charge is 0.266 e. The molecule has 0 saturated heterocycles. The molecule has 0 aromatic carbocycles. The summed E-state index contributed by atoms with van der Waals surface area (Å²) in [6, 6.07) is 0. The third-order valence-electron chi connectivity index (χ3n) is 0.533. The van der Waals surface area contributed by atoms with Gasteiger partial charge in [-0.3, -0.25) is 4.79 Å². The third kappa shape index (κ3) is 4.34. The fourth-order valence-corrected chi connectivity index (χ4v) is 0.498. The number of halogens is 2. The maximum Gasteiger partial charge on any atom is 0.290 e. The molecule has 0 saturated carbocycles. The molecule has 9 heavy (non-hydrogen) atoms. The highest BCUT2D eigenvalue weighted by molar-refractivity contribution is 14.1. The van der Waals surface area contributed by atoms with Gasteiger partial charge in [0.2, 0.25) is 0 Å². The topological polar surface area (TPSA) is 46.3 Å². The normalized spacial score (nSPS) is 11.3. The Morgan fingerprint density at radius 1 is 1.89 bits per heavy atom. The predicted octanol–water partition coefficient (Wildman–Crippen LogP) is 0.912. The van der Waals surface area contributed by atoms with Crippen molar-refractivity contribution in [1.29, 1.82) is 0 Å². The highest BCUT2D eigenvalue weighted by Crippen LogP contribution is 2.02. The van der Waals surface area contributed by atoms with Crippen molar-refractivity contribution in [2.45, 2.75) is 6.92 Å². The largest absolute Gasteiger partial charge is 0.290 e. The average molecular weight is 244 g/mol. The summed E-state index contributed by atoms with van der Waals surface area (Å²) in [6.07, 6.45) is 1.10. The van der Waals surface area contributed by atoms with Crippen molar-refractivity contribution < 1.29 is 9.28 Å². The number of amides is 1. The molecular formula is C4H6FIN2O. The predicted molar refractivity (Wildman–Crippen MR) is 39.9 cm³/mol. The first-order valence-electron chi connectivity index (χ1n) is 2.12. The Hall–Kier alpha value is -0.170. The first-order chi connectivity index (χ1) is 4.04. The van der Waals surface area contributed by atoms with Crippen LogP contribution in [0.3, 0.4) is 0 Å². The van der Waals surface area contributed by atoms with E-state index in [1.807, 2.05) is 22.6 Å². The summed E-state index contributed by atoms with van der Waals surface area (Å²) in [5.41, 5.74) is 0. The summed E-state index contributed by atoms with van der Waals surface area (Å²) in [5.74, 6) is 3.61. The number of allylic oxidation sites excluding steroid dienone is 1. The van der Waals surface area contributed by atoms with E-state index in [4.69, 9.17) is 0 Å². The van der Waals surface area contributed by atoms with Gasteiger partial charge in [-0.2, -0.15) is 0 Å². The van der Waals surface area contributed by atoms with Gasteiger partial charge in [0.15, 0.2) is 0 Å². The lowest BCUT2D eigenvalue weighted by molar-refractivity contribution is -0.141. The molecule has 0 atom stereocenters. The number of hydrogen-bond donors (Lipinski definition) is 1. The Labute approximate surface area is 65.7 Å². The van der Waals surface area contributed by atoms with E-state index in [0.29, 0.717) is 3.58 Å². The van der Waals surface area contributed by atoms with E-state index in [1.54, 1.807) is 6.92 Å². The number of hydrazine groups is 1. The molecule has 0 aliphatic carbocycles. The average Bonchev–Trinajstić information content (AvgIpc) is 1.63. The Bertz CT molecular complexity index is 142. The number of nitrogens with two attached hydrogens (primary N) is 1. The lowest BCUT2D eigenvalue weighted by Gasteiger charge is -1.97. The number of nitrogens with zero attached hydrogens (tertiary/aromatic N) is 1. The lowest BCUT2D eigenvalue weighted by Crippen LogP contribution is -2.27. The Balaban J connectivity index is 3.93. The van der Waals surface area contributed by atoms with Gasteiger partial charge in [0, 0.05) is 6.08 Å². The molecule has 0 aromatic heterocycles. The van der Waals surface area contributed by atoms with Crippen molar-refractivity contribution in [3.63, 3.8) is 0 Å². The maximum absolute atomic E-state index is 11.7. The summed E-state index contributed by atoms with van der Waals surface area (Å²) in [5, 5.41) is -0.456. The van der Waals surface area contributed by atoms with E-state index < -0.39 is 11.1 Å². The zero-order valence-corrected chi connectivity index (χ0v) is 6.92. The number of hydrogen-bond acceptors (Lipinski definition) is 2. The van der Waals surface area contributed by atoms with Gasteiger partial charge in [-0.15, -0.1) is 5.23 Å². The van der Waals surface area contributed by atoms with Crippen LogP contribution in [0.5, 0.6) is 0 Å². The molecule has 3 nitrogen and oxygen atoms in total. The molecule has 0 fully saturated rings. The minimum Gasteiger partial charge on any atom is -0.266 e. The van der Waals surface area contributed by atoms with Crippen molar-refractivity contribution in [2.24, 2.45) is 5.84 Å². The lowest BCUT2D eigenvalue weighted by atomic mass is 10.5. The summed E-state index contributed by atoms with van der Waals surface area (Å²) in [4.78, 5) is 10.3. The molecule has 0 aliphatic rings. The molecule has 5 heteroatoms. The fourth-order valence-electron chi connectivity index (χ4n) is 0.232. The van der Waals surface area contributed by atoms with Gasteiger partial charge < -0.3 is 0 Å². The van der Waals surface area contributed by atoms with Crippen LogP contribution >= 0.6 is 22.6 Å². The Morgan fingerprint density at radius 2 is 2.33 bits per heavy atom. The Morgan fingerprint density at radius 3 is 2.44 bits per heavy atom. The minimum atomic E-state index is -0.845. The minimum absolute atomic E-state index is 0.456. The van der Waals surface area contributed by atoms with Crippen LogP contribution in [0.2, 0.25) is 0 Å². The van der Waals surface area contributed by atoms with Crippen LogP contribution < -0.4 is 5.84 Å². The van der Waals surface area contributed by atoms with E-state index in [2.05, 4.69) is 5.84 Å². The number of carbonyl (C=O) groups is 1. The molecule has 1 amide bonds. The highest BCUT2D eigenvalue weighted by atomic mass is 127. The number of rotatable bonds is 1. The SMILES string of the molecule is CC(I)=CC(=O)N(N)F. The van der Waals surface area contributed by atoms with Crippen molar-refractivity contribution in [3.05, 3.63) is 9.66 Å². The summed E-state index contributed by atoms with van der Waals surface area (Å²) in [6.45, 7) is 1.67. The van der Waals surface area contributed by atoms with E-state index in [1.165, 1.54) is 0 Å². The van der Waals surface area contributed by atoms with Gasteiger partial charge in [0.1, 0.15) is 0 Å². The van der Waals surface area contributed by atoms with E-state index in [0.717, 1.165) is 6.08 Å². The molecule has 0 bridgehead atoms. The monoisotopic (exact) mass is 244 g/mol. The van der Waals surface area contributed by atoms with E-state index in [-0.39, 0.29) is 0 Å². The second-order valence-corrected chi connectivity index (χ2v) is 3.08. The maximum atomic E-state index is 11.7. The van der Waals surface area contributed by atoms with Gasteiger partial charge in [-0.05, 0) is 33.1 Å². The first-order valence-corrected chi connectivity index (χ1v) is 3.20. The molecule has 0 radical (unpaired) electrons. The highest BCUT2D eigenvalue weighted by Gasteiger charge is 2.02. The molecule has 0 rings (SSSR count). The summed E-state index contributed by atoms with van der Waals surface area (Å²) < 4.78 is 12.4. The third-order valence-corrected chi connectivity index (χ3v) is 0.844. The van der Waals surface area contributed by atoms with Crippen molar-refractivity contribution in [3.8, 4) is 0 Å². The summed E-state index contributed by atoms with van der Waals surface area (Å²) >= 11 is 1.88. The fraction of sp³-hybridized carbons (Fsp3) is 0.250. The molecule has 0 unspecified atom stereocenters. The van der Waals surface area contributed by atoms with E-state index in [9.17, 15) is 9.28 Å². The molecule has 2 N–H and O–H groups in total. The molecule has 0 aliphatic heterocycles. The van der Waals surface area contributed by atoms with Gasteiger partial charge in [-0.1, -0.05) is 4.48 Å². The van der Waals surface area contributed by atoms with Crippen LogP contribution in [0.4, 0.5) is 4.48 Å². The van der Waals surface area contributed by atoms with Gasteiger partial charge >= 0.3 is 0 Å². The second kappa shape index (κ2) is 3.78. The molecule has 52 valence electrons. The Kier molecular flexibility index (Phi) is 3.71. The first kappa shape index (κ1) is 8.83. The van der Waals surface area contributed by atoms with Crippen LogP contribution in [0.1, 0.15) is 6.92 Å². The van der Waals surface area contributed by atoms with Gasteiger partial charge in [-0.25, -0.2) is 5.84 Å². The van der Waals surface area contributed by atoms with Crippen LogP contribution in [-0.4, -0.2) is 11.1 Å². The zero-order valence-electron chi connectivity index (χ0n) is 4.77. The zero-order chi connectivity index (χ0) is 7.44. The van der Waals surface area contributed by atoms with Gasteiger partial charge in [0.25, 0.3) is 5.91 Å². The quantitative estimate of drug-likeness (QED) is 0.186. The van der Waals surface area contributed by atoms with Crippen molar-refractivity contribution in [2.75, 3.05) is 0 Å². The van der Waals surface area contributed by atoms with Crippen LogP contribution in [0.15, 0.2) is 9.66 Å². The molecule has 0 aromatic rings. The standard InChI is InChI=1S/C4H6FIN2O/c1-3(6)2-4(9)8(5)7/h2H,7H2,1H3. The van der Waals surface area contributed by atoms with E-state index >= 15 is 0 Å². The molecule has 0 heterocycles. The van der Waals surface area contributed by atoms with Gasteiger partial charge in [0.05, 0.1) is 0 Å². The number of carbonyl (C=O) groups excluding carboxylic acids is 1. The van der Waals surface area contributed by atoms with Crippen LogP contribution in [0.25, 0.3) is 0 Å². The van der Waals surface area contributed by atoms with Crippen LogP contribution in [-0.2, 0) is 4.79 Å². The molecule has 0 spiro atoms. The second-order valence-electron chi connectivity index (χ2n) is 1.38. The van der Waals surface area contributed by atoms with Crippen molar-refractivity contribution in [1.82, 2.24) is 5.23 Å². The summed E-state index contributed by atoms with van der Waals surface area (Å²) in [7, 11) is 0.